The third-order valence-electron chi connectivity index (χ3n) is 3.08. The van der Waals surface area contributed by atoms with Gasteiger partial charge in [0.15, 0.2) is 0 Å². The Morgan fingerprint density at radius 2 is 1.94 bits per heavy atom. The van der Waals surface area contributed by atoms with Crippen molar-refractivity contribution in [2.24, 2.45) is 0 Å². The minimum Gasteiger partial charge on any atom is -0.338 e. The zero-order chi connectivity index (χ0) is 12.5. The van der Waals surface area contributed by atoms with E-state index in [4.69, 9.17) is 0 Å². The summed E-state index contributed by atoms with van der Waals surface area (Å²) in [6.07, 6.45) is 1.00. The number of benzene rings is 1. The molecule has 1 aliphatic heterocycles. The third-order valence-corrected chi connectivity index (χ3v) is 3.08. The predicted octanol–water partition coefficient (Wildman–Crippen LogP) is 2.90. The molecule has 2 rings (SSSR count). The van der Waals surface area contributed by atoms with Gasteiger partial charge in [-0.25, -0.2) is 4.79 Å². The first-order valence-electron chi connectivity index (χ1n) is 6.15. The van der Waals surface area contributed by atoms with Gasteiger partial charge in [0.25, 0.3) is 0 Å². The van der Waals surface area contributed by atoms with Crippen molar-refractivity contribution in [2.45, 2.75) is 32.6 Å². The van der Waals surface area contributed by atoms with Crippen LogP contribution in [-0.4, -0.2) is 19.1 Å². The largest absolute Gasteiger partial charge is 0.338 e. The number of hydrogen-bond acceptors (Lipinski definition) is 1. The molecule has 1 aromatic carbocycles. The van der Waals surface area contributed by atoms with Crippen LogP contribution in [-0.2, 0) is 5.41 Å². The summed E-state index contributed by atoms with van der Waals surface area (Å²) in [4.78, 5) is 13.7. The molecule has 0 saturated carbocycles. The molecule has 3 nitrogen and oxygen atoms in total. The molecule has 3 heteroatoms. The highest BCUT2D eigenvalue weighted by Gasteiger charge is 2.25. The van der Waals surface area contributed by atoms with E-state index >= 15 is 0 Å². The number of nitrogens with zero attached hydrogens (tertiary/aromatic N) is 1. The van der Waals surface area contributed by atoms with Crippen molar-refractivity contribution in [3.63, 3.8) is 0 Å². The molecule has 1 saturated heterocycles. The molecular weight excluding hydrogens is 212 g/mol. The Balaban J connectivity index is 2.41. The van der Waals surface area contributed by atoms with E-state index in [1.807, 2.05) is 23.1 Å². The first-order chi connectivity index (χ1) is 8.00. The van der Waals surface area contributed by atoms with Gasteiger partial charge in [-0.2, -0.15) is 0 Å². The van der Waals surface area contributed by atoms with Crippen molar-refractivity contribution in [2.75, 3.05) is 18.0 Å². The first-order valence-corrected chi connectivity index (χ1v) is 6.15. The van der Waals surface area contributed by atoms with Crippen LogP contribution in [0.15, 0.2) is 24.3 Å². The van der Waals surface area contributed by atoms with E-state index in [2.05, 4.69) is 32.2 Å². The predicted molar refractivity (Wildman–Crippen MR) is 70.5 cm³/mol. The molecule has 17 heavy (non-hydrogen) atoms. The molecule has 1 fully saturated rings. The summed E-state index contributed by atoms with van der Waals surface area (Å²) in [5, 5.41) is 2.90. The molecule has 0 aromatic heterocycles. The van der Waals surface area contributed by atoms with E-state index in [0.717, 1.165) is 25.2 Å². The zero-order valence-corrected chi connectivity index (χ0v) is 10.8. The zero-order valence-electron chi connectivity index (χ0n) is 10.8. The molecule has 0 spiro atoms. The number of rotatable bonds is 1. The second kappa shape index (κ2) is 4.40. The number of para-hydroxylation sites is 1. The quantitative estimate of drug-likeness (QED) is 0.793. The highest BCUT2D eigenvalue weighted by molar-refractivity contribution is 5.93. The van der Waals surface area contributed by atoms with Gasteiger partial charge >= 0.3 is 6.03 Å². The maximum atomic E-state index is 11.9. The molecule has 0 atom stereocenters. The highest BCUT2D eigenvalue weighted by atomic mass is 16.2. The second-order valence-electron chi connectivity index (χ2n) is 5.50. The molecule has 1 aliphatic rings. The molecule has 0 unspecified atom stereocenters. The molecule has 0 bridgehead atoms. The lowest BCUT2D eigenvalue weighted by atomic mass is 9.85. The summed E-state index contributed by atoms with van der Waals surface area (Å²) >= 11 is 0. The lowest BCUT2D eigenvalue weighted by Crippen LogP contribution is -2.47. The van der Waals surface area contributed by atoms with Crippen LogP contribution in [0.2, 0.25) is 0 Å². The van der Waals surface area contributed by atoms with E-state index in [9.17, 15) is 4.79 Å². The molecule has 0 radical (unpaired) electrons. The third kappa shape index (κ3) is 2.43. The summed E-state index contributed by atoms with van der Waals surface area (Å²) in [6, 6.07) is 8.19. The molecule has 92 valence electrons. The molecular formula is C14H20N2O. The Morgan fingerprint density at radius 1 is 1.24 bits per heavy atom. The number of carbonyl (C=O) groups is 1. The number of hydrogen-bond donors (Lipinski definition) is 1. The van der Waals surface area contributed by atoms with Gasteiger partial charge in [-0.05, 0) is 23.5 Å². The van der Waals surface area contributed by atoms with E-state index < -0.39 is 0 Å². The van der Waals surface area contributed by atoms with Crippen LogP contribution in [0.25, 0.3) is 0 Å². The summed E-state index contributed by atoms with van der Waals surface area (Å²) in [5.74, 6) is 0. The fraction of sp³-hybridized carbons (Fsp3) is 0.500. The monoisotopic (exact) mass is 232 g/mol. The average Bonchev–Trinajstić information content (AvgIpc) is 2.28. The maximum absolute atomic E-state index is 11.9. The van der Waals surface area contributed by atoms with Crippen LogP contribution >= 0.6 is 0 Å². The molecule has 1 N–H and O–H groups in total. The highest BCUT2D eigenvalue weighted by Crippen LogP contribution is 2.32. The van der Waals surface area contributed by atoms with Crippen molar-refractivity contribution in [1.29, 1.82) is 0 Å². The summed E-state index contributed by atoms with van der Waals surface area (Å²) in [7, 11) is 0. The fourth-order valence-corrected chi connectivity index (χ4v) is 2.20. The number of nitrogens with one attached hydrogen (secondary N) is 1. The lowest BCUT2D eigenvalue weighted by Gasteiger charge is -2.32. The van der Waals surface area contributed by atoms with E-state index in [1.165, 1.54) is 5.56 Å². The van der Waals surface area contributed by atoms with Gasteiger partial charge in [0.1, 0.15) is 0 Å². The van der Waals surface area contributed by atoms with Crippen molar-refractivity contribution in [3.8, 4) is 0 Å². The Labute approximate surface area is 103 Å². The Hall–Kier alpha value is -1.51. The summed E-state index contributed by atoms with van der Waals surface area (Å²) < 4.78 is 0. The summed E-state index contributed by atoms with van der Waals surface area (Å²) in [6.45, 7) is 8.11. The van der Waals surface area contributed by atoms with Crippen molar-refractivity contribution < 1.29 is 4.79 Å². The second-order valence-corrected chi connectivity index (χ2v) is 5.50. The molecule has 1 heterocycles. The van der Waals surface area contributed by atoms with Gasteiger partial charge in [0.2, 0.25) is 0 Å². The number of anilines is 1. The van der Waals surface area contributed by atoms with Crippen molar-refractivity contribution in [1.82, 2.24) is 5.32 Å². The van der Waals surface area contributed by atoms with Crippen molar-refractivity contribution >= 4 is 11.7 Å². The van der Waals surface area contributed by atoms with E-state index in [0.29, 0.717) is 0 Å². The van der Waals surface area contributed by atoms with Gasteiger partial charge < -0.3 is 5.32 Å². The Bertz CT molecular complexity index is 420. The van der Waals surface area contributed by atoms with Crippen LogP contribution in [0.5, 0.6) is 0 Å². The van der Waals surface area contributed by atoms with Crippen LogP contribution in [0.4, 0.5) is 10.5 Å². The maximum Gasteiger partial charge on any atom is 0.321 e. The fourth-order valence-electron chi connectivity index (χ4n) is 2.20. The van der Waals surface area contributed by atoms with Crippen LogP contribution in [0.3, 0.4) is 0 Å². The molecule has 0 aliphatic carbocycles. The van der Waals surface area contributed by atoms with Crippen LogP contribution < -0.4 is 10.2 Å². The SMILES string of the molecule is CC(C)(C)c1ccccc1N1CCCNC1=O. The number of carbonyl (C=O) groups excluding carboxylic acids is 1. The van der Waals surface area contributed by atoms with Gasteiger partial charge in [0, 0.05) is 18.8 Å². The van der Waals surface area contributed by atoms with Crippen LogP contribution in [0, 0.1) is 0 Å². The number of amides is 2. The smallest absolute Gasteiger partial charge is 0.321 e. The van der Waals surface area contributed by atoms with Gasteiger partial charge in [0.05, 0.1) is 0 Å². The van der Waals surface area contributed by atoms with Gasteiger partial charge in [-0.3, -0.25) is 4.90 Å². The molecule has 2 amide bonds. The summed E-state index contributed by atoms with van der Waals surface area (Å²) in [5.41, 5.74) is 2.31. The van der Waals surface area contributed by atoms with Gasteiger partial charge in [-0.15, -0.1) is 0 Å². The van der Waals surface area contributed by atoms with E-state index in [1.54, 1.807) is 0 Å². The number of urea groups is 1. The first kappa shape index (κ1) is 12.0. The lowest BCUT2D eigenvalue weighted by molar-refractivity contribution is 0.242. The van der Waals surface area contributed by atoms with Crippen LogP contribution in [0.1, 0.15) is 32.8 Å². The normalized spacial score (nSPS) is 16.9. The topological polar surface area (TPSA) is 32.3 Å². The van der Waals surface area contributed by atoms with E-state index in [-0.39, 0.29) is 11.4 Å². The minimum atomic E-state index is 0.0213. The Kier molecular flexibility index (Phi) is 3.09. The van der Waals surface area contributed by atoms with Crippen molar-refractivity contribution in [3.05, 3.63) is 29.8 Å². The Morgan fingerprint density at radius 3 is 2.59 bits per heavy atom. The minimum absolute atomic E-state index is 0.0213. The van der Waals surface area contributed by atoms with Gasteiger partial charge in [-0.1, -0.05) is 39.0 Å². The average molecular weight is 232 g/mol. The molecule has 1 aromatic rings. The standard InChI is InChI=1S/C14H20N2O/c1-14(2,3)11-7-4-5-8-12(11)16-10-6-9-15-13(16)17/h4-5,7-8H,6,9-10H2,1-3H3,(H,15,17).